The Morgan fingerprint density at radius 2 is 1.94 bits per heavy atom. The van der Waals surface area contributed by atoms with Gasteiger partial charge >= 0.3 is 0 Å². The van der Waals surface area contributed by atoms with E-state index in [1.54, 1.807) is 0 Å². The van der Waals surface area contributed by atoms with Gasteiger partial charge in [0.05, 0.1) is 5.41 Å². The molecule has 1 saturated heterocycles. The molecule has 3 N–H and O–H groups in total. The predicted octanol–water partition coefficient (Wildman–Crippen LogP) is 1.52. The summed E-state index contributed by atoms with van der Waals surface area (Å²) in [6.07, 6.45) is 6.53. The van der Waals surface area contributed by atoms with Crippen LogP contribution in [0.3, 0.4) is 0 Å². The monoisotopic (exact) mass is 242 g/mol. The maximum Gasteiger partial charge on any atom is 0.227 e. The van der Waals surface area contributed by atoms with Crippen molar-refractivity contribution in [3.8, 4) is 0 Å². The molecule has 0 atom stereocenters. The minimum atomic E-state index is -0.232. The number of amides is 1. The molecule has 2 aliphatic rings. The quantitative estimate of drug-likeness (QED) is 0.789. The number of thioether (sulfide) groups is 1. The summed E-state index contributed by atoms with van der Waals surface area (Å²) in [5.41, 5.74) is 5.58. The molecule has 4 heteroatoms. The zero-order valence-corrected chi connectivity index (χ0v) is 10.7. The van der Waals surface area contributed by atoms with E-state index >= 15 is 0 Å². The Balaban J connectivity index is 1.90. The molecule has 1 heterocycles. The molecule has 0 spiro atoms. The Labute approximate surface area is 102 Å². The molecule has 0 radical (unpaired) electrons. The van der Waals surface area contributed by atoms with Crippen LogP contribution in [-0.4, -0.2) is 30.0 Å². The average Bonchev–Trinajstić information content (AvgIpc) is 2.80. The summed E-state index contributed by atoms with van der Waals surface area (Å²) in [5.74, 6) is 2.59. The average molecular weight is 242 g/mol. The summed E-state index contributed by atoms with van der Waals surface area (Å²) in [7, 11) is 0. The number of nitrogens with one attached hydrogen (secondary N) is 1. The van der Waals surface area contributed by atoms with Crippen LogP contribution < -0.4 is 11.1 Å². The van der Waals surface area contributed by atoms with Crippen LogP contribution in [0.4, 0.5) is 0 Å². The molecule has 92 valence electrons. The van der Waals surface area contributed by atoms with Gasteiger partial charge in [0.25, 0.3) is 0 Å². The molecule has 1 aliphatic heterocycles. The molecule has 16 heavy (non-hydrogen) atoms. The van der Waals surface area contributed by atoms with Gasteiger partial charge in [-0.2, -0.15) is 11.8 Å². The van der Waals surface area contributed by atoms with E-state index < -0.39 is 0 Å². The second kappa shape index (κ2) is 5.41. The Morgan fingerprint density at radius 1 is 1.31 bits per heavy atom. The smallest absolute Gasteiger partial charge is 0.227 e. The zero-order chi connectivity index (χ0) is 11.4. The first kappa shape index (κ1) is 12.2. The number of hydrogen-bond acceptors (Lipinski definition) is 3. The Morgan fingerprint density at radius 3 is 2.50 bits per heavy atom. The standard InChI is InChI=1S/C12H22N2OS/c13-9-12(5-1-2-6-12)11(15)14-10-3-7-16-8-4-10/h10H,1-9,13H2,(H,14,15). The van der Waals surface area contributed by atoms with Gasteiger partial charge in [-0.3, -0.25) is 4.79 Å². The topological polar surface area (TPSA) is 55.1 Å². The molecule has 2 rings (SSSR count). The van der Waals surface area contributed by atoms with Crippen molar-refractivity contribution >= 4 is 17.7 Å². The van der Waals surface area contributed by atoms with Crippen molar-refractivity contribution in [2.75, 3.05) is 18.1 Å². The van der Waals surface area contributed by atoms with Crippen LogP contribution in [-0.2, 0) is 4.79 Å². The summed E-state index contributed by atoms with van der Waals surface area (Å²) in [6, 6.07) is 0.401. The fourth-order valence-corrected chi connectivity index (χ4v) is 3.86. The van der Waals surface area contributed by atoms with Crippen LogP contribution in [0.15, 0.2) is 0 Å². The lowest BCUT2D eigenvalue weighted by Crippen LogP contribution is -2.48. The first-order chi connectivity index (χ1) is 7.77. The second-order valence-corrected chi connectivity index (χ2v) is 6.28. The van der Waals surface area contributed by atoms with Crippen LogP contribution >= 0.6 is 11.8 Å². The van der Waals surface area contributed by atoms with Crippen molar-refractivity contribution in [1.82, 2.24) is 5.32 Å². The third kappa shape index (κ3) is 2.54. The van der Waals surface area contributed by atoms with E-state index in [1.807, 2.05) is 11.8 Å². The normalized spacial score (nSPS) is 25.6. The van der Waals surface area contributed by atoms with E-state index in [1.165, 1.54) is 11.5 Å². The number of nitrogens with two attached hydrogens (primary N) is 1. The van der Waals surface area contributed by atoms with Gasteiger partial charge in [0, 0.05) is 12.6 Å². The molecular formula is C12H22N2OS. The maximum absolute atomic E-state index is 12.3. The van der Waals surface area contributed by atoms with Crippen LogP contribution in [0.1, 0.15) is 38.5 Å². The highest BCUT2D eigenvalue weighted by Gasteiger charge is 2.40. The van der Waals surface area contributed by atoms with Gasteiger partial charge in [-0.25, -0.2) is 0 Å². The van der Waals surface area contributed by atoms with E-state index in [9.17, 15) is 4.79 Å². The van der Waals surface area contributed by atoms with Crippen LogP contribution in [0.2, 0.25) is 0 Å². The van der Waals surface area contributed by atoms with Gasteiger partial charge in [-0.1, -0.05) is 12.8 Å². The molecule has 0 aromatic heterocycles. The van der Waals surface area contributed by atoms with Crippen molar-refractivity contribution in [3.63, 3.8) is 0 Å². The van der Waals surface area contributed by atoms with Gasteiger partial charge in [-0.05, 0) is 37.2 Å². The summed E-state index contributed by atoms with van der Waals surface area (Å²) < 4.78 is 0. The summed E-state index contributed by atoms with van der Waals surface area (Å²) in [4.78, 5) is 12.3. The van der Waals surface area contributed by atoms with Gasteiger partial charge in [0.15, 0.2) is 0 Å². The number of carbonyl (C=O) groups is 1. The molecule has 0 bridgehead atoms. The Bertz CT molecular complexity index is 245. The van der Waals surface area contributed by atoms with E-state index in [0.29, 0.717) is 12.6 Å². The highest BCUT2D eigenvalue weighted by molar-refractivity contribution is 7.99. The number of hydrogen-bond donors (Lipinski definition) is 2. The van der Waals surface area contributed by atoms with Gasteiger partial charge < -0.3 is 11.1 Å². The highest BCUT2D eigenvalue weighted by Crippen LogP contribution is 2.37. The van der Waals surface area contributed by atoms with Crippen molar-refractivity contribution in [3.05, 3.63) is 0 Å². The molecule has 0 aromatic carbocycles. The van der Waals surface area contributed by atoms with Crippen molar-refractivity contribution in [2.24, 2.45) is 11.1 Å². The van der Waals surface area contributed by atoms with E-state index in [-0.39, 0.29) is 11.3 Å². The molecule has 3 nitrogen and oxygen atoms in total. The summed E-state index contributed by atoms with van der Waals surface area (Å²) in [5, 5.41) is 3.22. The third-order valence-corrected chi connectivity index (χ3v) is 5.04. The van der Waals surface area contributed by atoms with Crippen molar-refractivity contribution in [1.29, 1.82) is 0 Å². The summed E-state index contributed by atoms with van der Waals surface area (Å²) >= 11 is 1.99. The molecule has 1 amide bonds. The lowest BCUT2D eigenvalue weighted by molar-refractivity contribution is -0.131. The molecular weight excluding hydrogens is 220 g/mol. The fraction of sp³-hybridized carbons (Fsp3) is 0.917. The van der Waals surface area contributed by atoms with Crippen LogP contribution in [0.25, 0.3) is 0 Å². The molecule has 1 saturated carbocycles. The van der Waals surface area contributed by atoms with Gasteiger partial charge in [-0.15, -0.1) is 0 Å². The second-order valence-electron chi connectivity index (χ2n) is 5.05. The highest BCUT2D eigenvalue weighted by atomic mass is 32.2. The van der Waals surface area contributed by atoms with E-state index in [4.69, 9.17) is 5.73 Å². The maximum atomic E-state index is 12.3. The summed E-state index contributed by atoms with van der Waals surface area (Å²) in [6.45, 7) is 0.514. The van der Waals surface area contributed by atoms with E-state index in [2.05, 4.69) is 5.32 Å². The molecule has 2 fully saturated rings. The fourth-order valence-electron chi connectivity index (χ4n) is 2.76. The first-order valence-electron chi connectivity index (χ1n) is 6.36. The zero-order valence-electron chi connectivity index (χ0n) is 9.84. The Hall–Kier alpha value is -0.220. The lowest BCUT2D eigenvalue weighted by Gasteiger charge is -2.30. The molecule has 1 aliphatic carbocycles. The number of carbonyl (C=O) groups excluding carboxylic acids is 1. The van der Waals surface area contributed by atoms with E-state index in [0.717, 1.165) is 38.5 Å². The lowest BCUT2D eigenvalue weighted by atomic mass is 9.85. The largest absolute Gasteiger partial charge is 0.353 e. The van der Waals surface area contributed by atoms with Crippen LogP contribution in [0, 0.1) is 5.41 Å². The Kier molecular flexibility index (Phi) is 4.14. The van der Waals surface area contributed by atoms with Gasteiger partial charge in [0.2, 0.25) is 5.91 Å². The van der Waals surface area contributed by atoms with Gasteiger partial charge in [0.1, 0.15) is 0 Å². The van der Waals surface area contributed by atoms with Crippen LogP contribution in [0.5, 0.6) is 0 Å². The van der Waals surface area contributed by atoms with Crippen molar-refractivity contribution < 1.29 is 4.79 Å². The van der Waals surface area contributed by atoms with Crippen molar-refractivity contribution in [2.45, 2.75) is 44.6 Å². The molecule has 0 aromatic rings. The third-order valence-electron chi connectivity index (χ3n) is 3.99. The minimum absolute atomic E-state index is 0.226. The number of rotatable bonds is 3. The minimum Gasteiger partial charge on any atom is -0.353 e. The predicted molar refractivity (Wildman–Crippen MR) is 68.4 cm³/mol. The SMILES string of the molecule is NCC1(C(=O)NC2CCSCC2)CCCC1. The first-order valence-corrected chi connectivity index (χ1v) is 7.51. The molecule has 0 unspecified atom stereocenters.